The molecule has 26 heavy (non-hydrogen) atoms. The summed E-state index contributed by atoms with van der Waals surface area (Å²) in [7, 11) is 1.68. The molecule has 0 aliphatic rings. The van der Waals surface area contributed by atoms with Gasteiger partial charge < -0.3 is 4.74 Å². The second-order valence-electron chi connectivity index (χ2n) is 6.28. The van der Waals surface area contributed by atoms with Crippen LogP contribution in [0.25, 0.3) is 10.6 Å². The average molecular weight is 386 g/mol. The Morgan fingerprint density at radius 2 is 1.92 bits per heavy atom. The van der Waals surface area contributed by atoms with Gasteiger partial charge in [-0.2, -0.15) is 5.10 Å². The number of methoxy groups -OCH3 is 1. The second-order valence-corrected chi connectivity index (χ2v) is 8.06. The lowest BCUT2D eigenvalue weighted by Gasteiger charge is -2.06. The smallest absolute Gasteiger partial charge is 0.206 e. The van der Waals surface area contributed by atoms with Crippen LogP contribution in [0.1, 0.15) is 26.3 Å². The maximum Gasteiger partial charge on any atom is 0.206 e. The fourth-order valence-corrected chi connectivity index (χ4v) is 4.30. The number of rotatable bonds is 6. The Hall–Kier alpha value is -2.18. The number of aromatic nitrogens is 1. The number of hydrogen-bond donors (Lipinski definition) is 0. The van der Waals surface area contributed by atoms with E-state index in [1.54, 1.807) is 29.8 Å². The topological polar surface area (TPSA) is 38.9 Å². The third-order valence-corrected chi connectivity index (χ3v) is 5.44. The Morgan fingerprint density at radius 1 is 1.15 bits per heavy atom. The molecule has 0 saturated carbocycles. The molecule has 0 fully saturated rings. The van der Waals surface area contributed by atoms with E-state index < -0.39 is 0 Å². The van der Waals surface area contributed by atoms with Crippen molar-refractivity contribution in [3.8, 4) is 16.3 Å². The SMILES string of the molecule is COc1ccc(CC(C)=Nn2c(-c3cccs3)csc2=NC(C)C)cc1. The predicted molar refractivity (Wildman–Crippen MR) is 112 cm³/mol. The van der Waals surface area contributed by atoms with Gasteiger partial charge >= 0.3 is 0 Å². The third kappa shape index (κ3) is 4.51. The molecule has 3 aromatic rings. The molecule has 0 aliphatic heterocycles. The third-order valence-electron chi connectivity index (χ3n) is 3.72. The highest BCUT2D eigenvalue weighted by molar-refractivity contribution is 7.14. The molecular weight excluding hydrogens is 362 g/mol. The first-order valence-corrected chi connectivity index (χ1v) is 10.3. The van der Waals surface area contributed by atoms with Crippen LogP contribution < -0.4 is 9.54 Å². The maximum absolute atomic E-state index is 5.22. The van der Waals surface area contributed by atoms with E-state index in [1.807, 2.05) is 16.8 Å². The molecule has 2 heterocycles. The van der Waals surface area contributed by atoms with Gasteiger partial charge in [-0.05, 0) is 49.9 Å². The summed E-state index contributed by atoms with van der Waals surface area (Å²) >= 11 is 3.35. The van der Waals surface area contributed by atoms with E-state index in [0.29, 0.717) is 0 Å². The molecule has 4 nitrogen and oxygen atoms in total. The number of benzene rings is 1. The number of nitrogens with zero attached hydrogens (tertiary/aromatic N) is 3. The lowest BCUT2D eigenvalue weighted by Crippen LogP contribution is -2.16. The lowest BCUT2D eigenvalue weighted by molar-refractivity contribution is 0.414. The van der Waals surface area contributed by atoms with Gasteiger partial charge in [0, 0.05) is 23.6 Å². The van der Waals surface area contributed by atoms with Crippen LogP contribution in [0.4, 0.5) is 0 Å². The van der Waals surface area contributed by atoms with Crippen LogP contribution in [0.3, 0.4) is 0 Å². The van der Waals surface area contributed by atoms with Crippen LogP contribution in [0, 0.1) is 0 Å². The summed E-state index contributed by atoms with van der Waals surface area (Å²) in [5.74, 6) is 0.869. The summed E-state index contributed by atoms with van der Waals surface area (Å²) in [6, 6.07) is 12.5. The monoisotopic (exact) mass is 385 g/mol. The van der Waals surface area contributed by atoms with Crippen LogP contribution in [-0.4, -0.2) is 23.5 Å². The van der Waals surface area contributed by atoms with Crippen molar-refractivity contribution < 1.29 is 4.74 Å². The Labute approximate surface area is 162 Å². The standard InChI is InChI=1S/C20H23N3OS2/c1-14(2)21-20-23(18(13-26-20)19-6-5-11-25-19)22-15(3)12-16-7-9-17(24-4)10-8-16/h5-11,13-14H,12H2,1-4H3. The molecule has 0 N–H and O–H groups in total. The van der Waals surface area contributed by atoms with Crippen molar-refractivity contribution in [3.63, 3.8) is 0 Å². The molecule has 136 valence electrons. The van der Waals surface area contributed by atoms with E-state index in [4.69, 9.17) is 14.8 Å². The van der Waals surface area contributed by atoms with Gasteiger partial charge in [-0.15, -0.1) is 22.7 Å². The summed E-state index contributed by atoms with van der Waals surface area (Å²) < 4.78 is 7.21. The number of ether oxygens (including phenoxy) is 1. The predicted octanol–water partition coefficient (Wildman–Crippen LogP) is 5.06. The van der Waals surface area contributed by atoms with Gasteiger partial charge in [-0.1, -0.05) is 18.2 Å². The molecule has 0 amide bonds. The highest BCUT2D eigenvalue weighted by Gasteiger charge is 2.09. The van der Waals surface area contributed by atoms with Crippen LogP contribution in [0.5, 0.6) is 5.75 Å². The van der Waals surface area contributed by atoms with Crippen molar-refractivity contribution in [2.45, 2.75) is 33.2 Å². The average Bonchev–Trinajstić information content (AvgIpc) is 3.26. The molecule has 6 heteroatoms. The molecular formula is C20H23N3OS2. The Balaban J connectivity index is 1.95. The van der Waals surface area contributed by atoms with E-state index in [-0.39, 0.29) is 6.04 Å². The second kappa shape index (κ2) is 8.47. The quantitative estimate of drug-likeness (QED) is 0.547. The molecule has 2 aromatic heterocycles. The van der Waals surface area contributed by atoms with Gasteiger partial charge in [0.25, 0.3) is 0 Å². The fourth-order valence-electron chi connectivity index (χ4n) is 2.55. The molecule has 0 unspecified atom stereocenters. The first-order chi connectivity index (χ1) is 12.6. The van der Waals surface area contributed by atoms with E-state index in [0.717, 1.165) is 28.4 Å². The minimum absolute atomic E-state index is 0.230. The van der Waals surface area contributed by atoms with Gasteiger partial charge in [0.15, 0.2) is 0 Å². The first-order valence-electron chi connectivity index (χ1n) is 8.52. The Kier molecular flexibility index (Phi) is 6.06. The van der Waals surface area contributed by atoms with E-state index in [2.05, 4.69) is 55.8 Å². The molecule has 0 bridgehead atoms. The molecule has 1 aromatic carbocycles. The van der Waals surface area contributed by atoms with Gasteiger partial charge in [0.2, 0.25) is 4.80 Å². The van der Waals surface area contributed by atoms with E-state index in [9.17, 15) is 0 Å². The number of thiophene rings is 1. The number of thiazole rings is 1. The summed E-state index contributed by atoms with van der Waals surface area (Å²) in [6.07, 6.45) is 0.790. The van der Waals surface area contributed by atoms with Crippen LogP contribution >= 0.6 is 22.7 Å². The molecule has 0 spiro atoms. The molecule has 0 saturated heterocycles. The fraction of sp³-hybridized carbons (Fsp3) is 0.300. The van der Waals surface area contributed by atoms with Crippen molar-refractivity contribution in [3.05, 3.63) is 57.5 Å². The zero-order valence-electron chi connectivity index (χ0n) is 15.5. The summed E-state index contributed by atoms with van der Waals surface area (Å²) in [6.45, 7) is 6.23. The zero-order valence-corrected chi connectivity index (χ0v) is 17.1. The van der Waals surface area contributed by atoms with Crippen molar-refractivity contribution >= 4 is 28.4 Å². The van der Waals surface area contributed by atoms with Crippen molar-refractivity contribution in [1.29, 1.82) is 0 Å². The number of hydrogen-bond acceptors (Lipinski definition) is 5. The zero-order chi connectivity index (χ0) is 18.5. The summed E-state index contributed by atoms with van der Waals surface area (Å²) in [4.78, 5) is 6.86. The van der Waals surface area contributed by atoms with E-state index in [1.165, 1.54) is 10.4 Å². The molecule has 0 atom stereocenters. The largest absolute Gasteiger partial charge is 0.497 e. The molecule has 0 aliphatic carbocycles. The van der Waals surface area contributed by atoms with Crippen LogP contribution in [0.15, 0.2) is 57.3 Å². The van der Waals surface area contributed by atoms with Crippen molar-refractivity contribution in [1.82, 2.24) is 4.68 Å². The molecule has 0 radical (unpaired) electrons. The van der Waals surface area contributed by atoms with Crippen molar-refractivity contribution in [2.24, 2.45) is 10.1 Å². The first kappa shape index (κ1) is 18.6. The Morgan fingerprint density at radius 3 is 2.54 bits per heavy atom. The minimum Gasteiger partial charge on any atom is -0.497 e. The van der Waals surface area contributed by atoms with Gasteiger partial charge in [0.1, 0.15) is 5.75 Å². The van der Waals surface area contributed by atoms with E-state index >= 15 is 0 Å². The van der Waals surface area contributed by atoms with Gasteiger partial charge in [0.05, 0.1) is 17.7 Å². The highest BCUT2D eigenvalue weighted by Crippen LogP contribution is 2.25. The molecule has 3 rings (SSSR count). The lowest BCUT2D eigenvalue weighted by atomic mass is 10.1. The summed E-state index contributed by atoms with van der Waals surface area (Å²) in [5, 5.41) is 9.12. The normalized spacial score (nSPS) is 12.8. The van der Waals surface area contributed by atoms with Gasteiger partial charge in [-0.3, -0.25) is 4.99 Å². The van der Waals surface area contributed by atoms with Gasteiger partial charge in [-0.25, -0.2) is 4.68 Å². The Bertz CT molecular complexity index is 932. The maximum atomic E-state index is 5.22. The van der Waals surface area contributed by atoms with Crippen LogP contribution in [-0.2, 0) is 6.42 Å². The summed E-state index contributed by atoms with van der Waals surface area (Å²) in [5.41, 5.74) is 3.35. The highest BCUT2D eigenvalue weighted by atomic mass is 32.1. The van der Waals surface area contributed by atoms with Crippen molar-refractivity contribution in [2.75, 3.05) is 7.11 Å². The minimum atomic E-state index is 0.230. The van der Waals surface area contributed by atoms with Crippen LogP contribution in [0.2, 0.25) is 0 Å².